The van der Waals surface area contributed by atoms with Crippen molar-refractivity contribution in [3.05, 3.63) is 60.4 Å². The molecule has 4 rings (SSSR count). The van der Waals surface area contributed by atoms with E-state index in [-0.39, 0.29) is 10.6 Å². The van der Waals surface area contributed by atoms with Gasteiger partial charge in [0.05, 0.1) is 34.0 Å². The molecule has 21 nitrogen and oxygen atoms in total. The number of azo groups is 2. The average Bonchev–Trinajstić information content (AvgIpc) is 2.98. The van der Waals surface area contributed by atoms with E-state index in [0.29, 0.717) is 30.3 Å². The van der Waals surface area contributed by atoms with Gasteiger partial charge in [0.2, 0.25) is 0 Å². The SMILES string of the molecule is Nc1c(N=Nc2ccc(S(=O)(=O)CCOS(=O)(=O)O)cc2)c(S(=O)(=O)O)cc2cc(S(=O)(=O)O)c(N=Nc3ccc(F)cc3S(=O)(=O)O)c(O)c12. The van der Waals surface area contributed by atoms with Gasteiger partial charge < -0.3 is 10.8 Å². The quantitative estimate of drug-likeness (QED) is 0.0677. The maximum absolute atomic E-state index is 13.7. The molecule has 0 saturated carbocycles. The van der Waals surface area contributed by atoms with Crippen molar-refractivity contribution in [2.45, 2.75) is 19.6 Å². The lowest BCUT2D eigenvalue weighted by molar-refractivity contribution is 0.284. The Morgan fingerprint density at radius 3 is 1.73 bits per heavy atom. The molecular formula is C24H20FN5O16S5. The minimum atomic E-state index is -5.36. The van der Waals surface area contributed by atoms with Crippen LogP contribution >= 0.6 is 0 Å². The Morgan fingerprint density at radius 2 is 1.20 bits per heavy atom. The zero-order chi connectivity index (χ0) is 38.3. The van der Waals surface area contributed by atoms with Gasteiger partial charge in [0, 0.05) is 0 Å². The van der Waals surface area contributed by atoms with Crippen LogP contribution in [-0.2, 0) is 54.8 Å². The van der Waals surface area contributed by atoms with Gasteiger partial charge in [0.1, 0.15) is 37.6 Å². The Balaban J connectivity index is 1.87. The fraction of sp³-hybridized carbons (Fsp3) is 0.0833. The maximum atomic E-state index is 13.7. The van der Waals surface area contributed by atoms with Crippen LogP contribution in [-0.4, -0.2) is 77.8 Å². The highest BCUT2D eigenvalue weighted by molar-refractivity contribution is 7.91. The largest absolute Gasteiger partial charge is 0.505 e. The van der Waals surface area contributed by atoms with Crippen molar-refractivity contribution in [3.63, 3.8) is 0 Å². The number of anilines is 1. The Hall–Kier alpha value is -4.58. The molecule has 0 bridgehead atoms. The summed E-state index contributed by atoms with van der Waals surface area (Å²) in [6, 6.07) is 6.93. The van der Waals surface area contributed by atoms with Crippen LogP contribution in [0.3, 0.4) is 0 Å². The summed E-state index contributed by atoms with van der Waals surface area (Å²) < 4.78 is 174. The summed E-state index contributed by atoms with van der Waals surface area (Å²) >= 11 is 0. The van der Waals surface area contributed by atoms with E-state index < -0.39 is 123 Å². The lowest BCUT2D eigenvalue weighted by Gasteiger charge is -2.14. The molecule has 0 atom stereocenters. The molecule has 7 N–H and O–H groups in total. The van der Waals surface area contributed by atoms with E-state index in [9.17, 15) is 65.2 Å². The number of nitrogens with two attached hydrogens (primary N) is 1. The van der Waals surface area contributed by atoms with Gasteiger partial charge in [0.15, 0.2) is 15.6 Å². The summed E-state index contributed by atoms with van der Waals surface area (Å²) in [5, 5.41) is 24.2. The lowest BCUT2D eigenvalue weighted by atomic mass is 10.1. The fourth-order valence-corrected chi connectivity index (χ4v) is 7.63. The van der Waals surface area contributed by atoms with E-state index in [2.05, 4.69) is 24.6 Å². The number of sulfone groups is 1. The average molecular weight is 814 g/mol. The molecule has 0 aromatic heterocycles. The van der Waals surface area contributed by atoms with E-state index in [1.54, 1.807) is 0 Å². The molecule has 0 aliphatic carbocycles. The molecule has 0 radical (unpaired) electrons. The Morgan fingerprint density at radius 1 is 0.667 bits per heavy atom. The first-order valence-corrected chi connectivity index (χ1v) is 20.3. The highest BCUT2D eigenvalue weighted by atomic mass is 32.3. The first-order valence-electron chi connectivity index (χ1n) is 12.9. The summed E-state index contributed by atoms with van der Waals surface area (Å²) in [4.78, 5) is -3.85. The number of rotatable bonds is 12. The van der Waals surface area contributed by atoms with Crippen LogP contribution in [0.25, 0.3) is 10.8 Å². The van der Waals surface area contributed by atoms with Crippen LogP contribution in [0.1, 0.15) is 0 Å². The predicted octanol–water partition coefficient (Wildman–Crippen LogP) is 3.43. The summed E-state index contributed by atoms with van der Waals surface area (Å²) in [6.45, 7) is -0.915. The number of phenols is 1. The highest BCUT2D eigenvalue weighted by Gasteiger charge is 2.28. The molecule has 274 valence electrons. The van der Waals surface area contributed by atoms with Crippen molar-refractivity contribution in [2.75, 3.05) is 18.1 Å². The second-order valence-electron chi connectivity index (χ2n) is 9.81. The molecule has 0 aliphatic heterocycles. The second-order valence-corrected chi connectivity index (χ2v) is 17.2. The Kier molecular flexibility index (Phi) is 10.7. The van der Waals surface area contributed by atoms with Crippen molar-refractivity contribution < 1.29 is 74.0 Å². The third kappa shape index (κ3) is 9.21. The zero-order valence-corrected chi connectivity index (χ0v) is 28.7. The predicted molar refractivity (Wildman–Crippen MR) is 170 cm³/mol. The van der Waals surface area contributed by atoms with Crippen molar-refractivity contribution in [3.8, 4) is 5.75 Å². The van der Waals surface area contributed by atoms with Crippen molar-refractivity contribution in [1.82, 2.24) is 0 Å². The molecule has 0 spiro atoms. The van der Waals surface area contributed by atoms with Crippen LogP contribution in [0.5, 0.6) is 5.75 Å². The van der Waals surface area contributed by atoms with E-state index in [1.807, 2.05) is 0 Å². The van der Waals surface area contributed by atoms with Crippen LogP contribution in [0.4, 0.5) is 32.8 Å². The van der Waals surface area contributed by atoms with Crippen LogP contribution in [0.15, 0.2) is 94.6 Å². The number of hydrogen-bond donors (Lipinski definition) is 6. The number of hydrogen-bond acceptors (Lipinski definition) is 17. The third-order valence-electron chi connectivity index (χ3n) is 6.37. The standard InChI is InChI=1S/C24H20FN5O16S5/c25-13-1-6-16(17(11-13)48(34,35)36)28-30-23-19(50(40,41)42)10-12-9-18(49(37,38)39)22(21(26)20(12)24(23)31)29-27-14-2-4-15(5-3-14)47(32,33)8-7-46-51(43,44)45/h1-6,9-11,31H,7-8,26H2,(H,34,35,36)(H,37,38,39)(H,40,41,42)(H,43,44,45). The zero-order valence-electron chi connectivity index (χ0n) is 24.6. The van der Waals surface area contributed by atoms with Crippen molar-refractivity contribution >= 4 is 89.8 Å². The van der Waals surface area contributed by atoms with Crippen molar-refractivity contribution in [2.24, 2.45) is 20.5 Å². The molecule has 0 heterocycles. The number of nitrogen functional groups attached to an aromatic ring is 1. The van der Waals surface area contributed by atoms with E-state index in [0.717, 1.165) is 24.3 Å². The summed E-state index contributed by atoms with van der Waals surface area (Å²) in [6.07, 6.45) is 0. The lowest BCUT2D eigenvalue weighted by Crippen LogP contribution is -2.15. The van der Waals surface area contributed by atoms with Crippen LogP contribution in [0, 0.1) is 5.82 Å². The molecule has 27 heteroatoms. The summed E-state index contributed by atoms with van der Waals surface area (Å²) in [5.41, 5.74) is 2.36. The molecule has 0 saturated heterocycles. The number of fused-ring (bicyclic) bond motifs is 1. The van der Waals surface area contributed by atoms with Gasteiger partial charge in [-0.3, -0.25) is 18.2 Å². The third-order valence-corrected chi connectivity index (χ3v) is 11.1. The van der Waals surface area contributed by atoms with E-state index >= 15 is 0 Å². The van der Waals surface area contributed by atoms with Crippen LogP contribution in [0.2, 0.25) is 0 Å². The van der Waals surface area contributed by atoms with Gasteiger partial charge >= 0.3 is 10.4 Å². The van der Waals surface area contributed by atoms with Crippen LogP contribution < -0.4 is 5.73 Å². The number of halogens is 1. The van der Waals surface area contributed by atoms with Gasteiger partial charge in [-0.1, -0.05) is 0 Å². The molecular weight excluding hydrogens is 794 g/mol. The smallest absolute Gasteiger partial charge is 0.397 e. The Bertz CT molecular complexity index is 2700. The highest BCUT2D eigenvalue weighted by Crippen LogP contribution is 2.48. The minimum Gasteiger partial charge on any atom is -0.505 e. The van der Waals surface area contributed by atoms with Gasteiger partial charge in [-0.15, -0.1) is 15.3 Å². The molecule has 4 aromatic carbocycles. The fourth-order valence-electron chi connectivity index (χ4n) is 4.18. The molecule has 4 aromatic rings. The normalized spacial score (nSPS) is 13.4. The van der Waals surface area contributed by atoms with Gasteiger partial charge in [-0.05, 0) is 60.0 Å². The molecule has 0 fully saturated rings. The number of benzene rings is 4. The Labute approximate surface area is 287 Å². The van der Waals surface area contributed by atoms with Gasteiger partial charge in [-0.25, -0.2) is 17.0 Å². The summed E-state index contributed by atoms with van der Waals surface area (Å²) in [7, 11) is -24.8. The van der Waals surface area contributed by atoms with E-state index in [1.165, 1.54) is 0 Å². The number of nitrogens with zero attached hydrogens (tertiary/aromatic N) is 4. The van der Waals surface area contributed by atoms with Gasteiger partial charge in [0.25, 0.3) is 30.4 Å². The van der Waals surface area contributed by atoms with Crippen molar-refractivity contribution in [1.29, 1.82) is 0 Å². The maximum Gasteiger partial charge on any atom is 0.397 e. The molecule has 0 amide bonds. The molecule has 0 aliphatic rings. The number of aromatic hydroxyl groups is 1. The monoisotopic (exact) mass is 813 g/mol. The topological polar surface area (TPSA) is 357 Å². The minimum absolute atomic E-state index is 0.168. The van der Waals surface area contributed by atoms with E-state index in [4.69, 9.17) is 10.3 Å². The van der Waals surface area contributed by atoms with Gasteiger partial charge in [-0.2, -0.15) is 38.8 Å². The first kappa shape index (κ1) is 39.2. The molecule has 0 unspecified atom stereocenters. The number of phenolic OH excluding ortho intramolecular Hbond substituents is 1. The summed E-state index contributed by atoms with van der Waals surface area (Å²) in [5.74, 6) is -3.24. The molecule has 51 heavy (non-hydrogen) atoms. The second kappa shape index (κ2) is 13.9. The first-order chi connectivity index (χ1) is 23.3.